The largest absolute Gasteiger partial charge is 0.384 e. The van der Waals surface area contributed by atoms with Crippen LogP contribution in [0.4, 0.5) is 0 Å². The second-order valence-electron chi connectivity index (χ2n) is 4.15. The first-order valence-electron chi connectivity index (χ1n) is 6.06. The van der Waals surface area contributed by atoms with Crippen molar-refractivity contribution < 1.29 is 14.4 Å². The van der Waals surface area contributed by atoms with Gasteiger partial charge in [-0.25, -0.2) is 0 Å². The van der Waals surface area contributed by atoms with Crippen molar-refractivity contribution in [3.63, 3.8) is 0 Å². The van der Waals surface area contributed by atoms with Crippen molar-refractivity contribution in [1.82, 2.24) is 10.1 Å². The fourth-order valence-corrected chi connectivity index (χ4v) is 1.76. The Bertz CT molecular complexity index is 639. The number of carbonyl (C=O) groups is 1. The molecule has 0 radical (unpaired) electrons. The highest BCUT2D eigenvalue weighted by molar-refractivity contribution is 5.91. The summed E-state index contributed by atoms with van der Waals surface area (Å²) in [7, 11) is 1.68. The normalized spacial score (nSPS) is 9.70. The van der Waals surface area contributed by atoms with Crippen LogP contribution in [0, 0.1) is 11.8 Å². The second-order valence-corrected chi connectivity index (χ2v) is 4.15. The molecule has 1 N–H and O–H groups in total. The van der Waals surface area contributed by atoms with E-state index in [0.29, 0.717) is 6.54 Å². The SMILES string of the molecule is CN(Cc1ccccc1C#CCO)C(=O)c1ccno1. The van der Waals surface area contributed by atoms with Gasteiger partial charge >= 0.3 is 0 Å². The van der Waals surface area contributed by atoms with Crippen LogP contribution in [0.1, 0.15) is 21.7 Å². The minimum Gasteiger partial charge on any atom is -0.384 e. The van der Waals surface area contributed by atoms with Gasteiger partial charge in [0.25, 0.3) is 5.91 Å². The van der Waals surface area contributed by atoms with Crippen LogP contribution in [0.25, 0.3) is 0 Å². The number of aromatic nitrogens is 1. The highest BCUT2D eigenvalue weighted by atomic mass is 16.5. The molecule has 0 unspecified atom stereocenters. The summed E-state index contributed by atoms with van der Waals surface area (Å²) >= 11 is 0. The molecule has 0 aliphatic carbocycles. The number of rotatable bonds is 3. The number of aliphatic hydroxyl groups is 1. The molecule has 5 nitrogen and oxygen atoms in total. The molecule has 1 aromatic heterocycles. The summed E-state index contributed by atoms with van der Waals surface area (Å²) in [6, 6.07) is 9.02. The molecule has 0 aliphatic rings. The third-order valence-electron chi connectivity index (χ3n) is 2.72. The molecule has 20 heavy (non-hydrogen) atoms. The van der Waals surface area contributed by atoms with E-state index in [1.54, 1.807) is 7.05 Å². The molecule has 2 aromatic rings. The van der Waals surface area contributed by atoms with Crippen molar-refractivity contribution in [3.05, 3.63) is 53.4 Å². The van der Waals surface area contributed by atoms with Crippen LogP contribution in [0.15, 0.2) is 41.1 Å². The van der Waals surface area contributed by atoms with Gasteiger partial charge in [0.2, 0.25) is 5.76 Å². The van der Waals surface area contributed by atoms with Crippen molar-refractivity contribution in [1.29, 1.82) is 0 Å². The molecule has 0 atom stereocenters. The van der Waals surface area contributed by atoms with Gasteiger partial charge in [0.15, 0.2) is 0 Å². The molecular formula is C15H14N2O3. The molecule has 0 saturated carbocycles. The molecule has 0 saturated heterocycles. The van der Waals surface area contributed by atoms with E-state index in [1.807, 2.05) is 24.3 Å². The van der Waals surface area contributed by atoms with Gasteiger partial charge in [0.1, 0.15) is 6.61 Å². The van der Waals surface area contributed by atoms with Crippen LogP contribution in [0.2, 0.25) is 0 Å². The summed E-state index contributed by atoms with van der Waals surface area (Å²) in [4.78, 5) is 13.6. The number of aliphatic hydroxyl groups excluding tert-OH is 1. The summed E-state index contributed by atoms with van der Waals surface area (Å²) < 4.78 is 4.85. The van der Waals surface area contributed by atoms with Gasteiger partial charge < -0.3 is 14.5 Å². The summed E-state index contributed by atoms with van der Waals surface area (Å²) in [5.74, 6) is 5.43. The van der Waals surface area contributed by atoms with Crippen LogP contribution >= 0.6 is 0 Å². The predicted molar refractivity (Wildman–Crippen MR) is 72.7 cm³/mol. The Morgan fingerprint density at radius 3 is 2.90 bits per heavy atom. The quantitative estimate of drug-likeness (QED) is 0.853. The van der Waals surface area contributed by atoms with Crippen molar-refractivity contribution >= 4 is 5.91 Å². The van der Waals surface area contributed by atoms with E-state index in [4.69, 9.17) is 9.63 Å². The first-order chi connectivity index (χ1) is 9.72. The Kier molecular flexibility index (Phi) is 4.53. The van der Waals surface area contributed by atoms with Gasteiger partial charge in [-0.3, -0.25) is 4.79 Å². The molecule has 1 amide bonds. The summed E-state index contributed by atoms with van der Waals surface area (Å²) in [5, 5.41) is 12.3. The van der Waals surface area contributed by atoms with Gasteiger partial charge in [-0.15, -0.1) is 0 Å². The Labute approximate surface area is 116 Å². The lowest BCUT2D eigenvalue weighted by molar-refractivity contribution is 0.0743. The average molecular weight is 270 g/mol. The second kappa shape index (κ2) is 6.55. The smallest absolute Gasteiger partial charge is 0.292 e. The lowest BCUT2D eigenvalue weighted by atomic mass is 10.1. The lowest BCUT2D eigenvalue weighted by Gasteiger charge is -2.16. The topological polar surface area (TPSA) is 66.6 Å². The number of amides is 1. The third kappa shape index (κ3) is 3.25. The van der Waals surface area contributed by atoms with E-state index >= 15 is 0 Å². The Morgan fingerprint density at radius 2 is 2.20 bits per heavy atom. The predicted octanol–water partition coefficient (Wildman–Crippen LogP) is 1.29. The van der Waals surface area contributed by atoms with E-state index in [0.717, 1.165) is 11.1 Å². The fraction of sp³-hybridized carbons (Fsp3) is 0.200. The highest BCUT2D eigenvalue weighted by Crippen LogP contribution is 2.12. The summed E-state index contributed by atoms with van der Waals surface area (Å²) in [5.41, 5.74) is 1.70. The van der Waals surface area contributed by atoms with Crippen LogP contribution in [-0.4, -0.2) is 34.7 Å². The molecule has 102 valence electrons. The van der Waals surface area contributed by atoms with Crippen molar-refractivity contribution in [2.45, 2.75) is 6.54 Å². The zero-order valence-corrected chi connectivity index (χ0v) is 11.0. The van der Waals surface area contributed by atoms with E-state index in [2.05, 4.69) is 17.0 Å². The molecule has 0 aliphatic heterocycles. The number of nitrogens with zero attached hydrogens (tertiary/aromatic N) is 2. The summed E-state index contributed by atoms with van der Waals surface area (Å²) in [6.45, 7) is 0.205. The van der Waals surface area contributed by atoms with E-state index in [1.165, 1.54) is 17.2 Å². The minimum atomic E-state index is -0.243. The molecule has 0 fully saturated rings. The van der Waals surface area contributed by atoms with Gasteiger partial charge in [-0.05, 0) is 11.6 Å². The number of carbonyl (C=O) groups excluding carboxylic acids is 1. The van der Waals surface area contributed by atoms with Gasteiger partial charge in [0.05, 0.1) is 6.20 Å². The van der Waals surface area contributed by atoms with E-state index in [-0.39, 0.29) is 18.3 Å². The zero-order chi connectivity index (χ0) is 14.4. The average Bonchev–Trinajstić information content (AvgIpc) is 2.99. The maximum Gasteiger partial charge on any atom is 0.292 e. The molecule has 2 rings (SSSR count). The number of hydrogen-bond acceptors (Lipinski definition) is 4. The van der Waals surface area contributed by atoms with Crippen LogP contribution < -0.4 is 0 Å². The molecular weight excluding hydrogens is 256 g/mol. The molecule has 0 spiro atoms. The van der Waals surface area contributed by atoms with Crippen molar-refractivity contribution in [2.75, 3.05) is 13.7 Å². The number of hydrogen-bond donors (Lipinski definition) is 1. The molecule has 1 aromatic carbocycles. The molecule has 1 heterocycles. The van der Waals surface area contributed by atoms with E-state index < -0.39 is 0 Å². The number of benzene rings is 1. The monoisotopic (exact) mass is 270 g/mol. The first kappa shape index (κ1) is 13.8. The minimum absolute atomic E-state index is 0.193. The maximum absolute atomic E-state index is 12.1. The lowest BCUT2D eigenvalue weighted by Crippen LogP contribution is -2.26. The summed E-state index contributed by atoms with van der Waals surface area (Å²) in [6.07, 6.45) is 1.43. The standard InChI is InChI=1S/C15H14N2O3/c1-17(15(19)14-8-9-16-20-14)11-13-6-3-2-5-12(13)7-4-10-18/h2-3,5-6,8-9,18H,10-11H2,1H3. The Hall–Kier alpha value is -2.58. The fourth-order valence-electron chi connectivity index (χ4n) is 1.76. The van der Waals surface area contributed by atoms with Crippen LogP contribution in [0.5, 0.6) is 0 Å². The van der Waals surface area contributed by atoms with Crippen LogP contribution in [-0.2, 0) is 6.54 Å². The van der Waals surface area contributed by atoms with Gasteiger partial charge in [-0.2, -0.15) is 0 Å². The zero-order valence-electron chi connectivity index (χ0n) is 11.0. The van der Waals surface area contributed by atoms with Gasteiger partial charge in [-0.1, -0.05) is 35.2 Å². The van der Waals surface area contributed by atoms with Crippen molar-refractivity contribution in [2.24, 2.45) is 0 Å². The third-order valence-corrected chi connectivity index (χ3v) is 2.72. The Balaban J connectivity index is 2.15. The first-order valence-corrected chi connectivity index (χ1v) is 6.06. The van der Waals surface area contributed by atoms with Crippen LogP contribution in [0.3, 0.4) is 0 Å². The maximum atomic E-state index is 12.1. The molecule has 5 heteroatoms. The highest BCUT2D eigenvalue weighted by Gasteiger charge is 2.16. The van der Waals surface area contributed by atoms with E-state index in [9.17, 15) is 4.79 Å². The Morgan fingerprint density at radius 1 is 1.40 bits per heavy atom. The molecule has 0 bridgehead atoms. The van der Waals surface area contributed by atoms with Gasteiger partial charge in [0, 0.05) is 25.2 Å². The van der Waals surface area contributed by atoms with Crippen molar-refractivity contribution in [3.8, 4) is 11.8 Å².